The molecule has 0 bridgehead atoms. The number of urea groups is 1. The molecule has 1 aliphatic rings. The lowest BCUT2D eigenvalue weighted by molar-refractivity contribution is -0.123. The number of amides is 4. The third-order valence-electron chi connectivity index (χ3n) is 2.74. The van der Waals surface area contributed by atoms with E-state index in [0.717, 1.165) is 4.90 Å². The van der Waals surface area contributed by atoms with Crippen molar-refractivity contribution in [2.45, 2.75) is 17.1 Å². The first-order chi connectivity index (χ1) is 10.4. The third-order valence-corrected chi connectivity index (χ3v) is 3.92. The molecule has 0 saturated heterocycles. The van der Waals surface area contributed by atoms with Crippen LogP contribution in [0.5, 0.6) is 0 Å². The molecule has 8 nitrogen and oxygen atoms in total. The molecule has 1 unspecified atom stereocenters. The Morgan fingerprint density at radius 1 is 1.41 bits per heavy atom. The third kappa shape index (κ3) is 3.76. The smallest absolute Gasteiger partial charge is 0.338 e. The number of carbonyl (C=O) groups is 4. The van der Waals surface area contributed by atoms with Crippen molar-refractivity contribution in [1.82, 2.24) is 5.32 Å². The van der Waals surface area contributed by atoms with Crippen LogP contribution < -0.4 is 16.4 Å². The normalized spacial score (nSPS) is 16.2. The monoisotopic (exact) mass is 323 g/mol. The maximum Gasteiger partial charge on any atom is 0.338 e. The standard InChI is InChI=1S/C13H13N3O5S/c1-6-11(18)15-8-4-7(2-3-9(8)22-6)12(19)21-5-10(17)16-13(14)20/h2-4,6H,5H2,1H3,(H,15,18)(H3,14,16,17,20). The van der Waals surface area contributed by atoms with Gasteiger partial charge in [0.2, 0.25) is 5.91 Å². The number of thioether (sulfide) groups is 1. The molecule has 0 aliphatic carbocycles. The predicted molar refractivity (Wildman–Crippen MR) is 78.4 cm³/mol. The predicted octanol–water partition coefficient (Wildman–Crippen LogP) is 0.471. The van der Waals surface area contributed by atoms with Crippen LogP contribution in [0.1, 0.15) is 17.3 Å². The Bertz CT molecular complexity index is 661. The van der Waals surface area contributed by atoms with Crippen molar-refractivity contribution in [2.75, 3.05) is 11.9 Å². The second kappa shape index (κ2) is 6.48. The second-order valence-electron chi connectivity index (χ2n) is 4.45. The highest BCUT2D eigenvalue weighted by Gasteiger charge is 2.24. The highest BCUT2D eigenvalue weighted by Crippen LogP contribution is 2.35. The quantitative estimate of drug-likeness (QED) is 0.694. The topological polar surface area (TPSA) is 128 Å². The lowest BCUT2D eigenvalue weighted by Gasteiger charge is -2.21. The van der Waals surface area contributed by atoms with Crippen molar-refractivity contribution in [3.8, 4) is 0 Å². The largest absolute Gasteiger partial charge is 0.452 e. The van der Waals surface area contributed by atoms with Gasteiger partial charge < -0.3 is 15.8 Å². The molecule has 0 saturated carbocycles. The molecular formula is C13H13N3O5S. The molecule has 0 aromatic heterocycles. The minimum atomic E-state index is -1.02. The Morgan fingerprint density at radius 2 is 2.14 bits per heavy atom. The molecule has 1 heterocycles. The van der Waals surface area contributed by atoms with Gasteiger partial charge in [-0.3, -0.25) is 14.9 Å². The minimum Gasteiger partial charge on any atom is -0.452 e. The van der Waals surface area contributed by atoms with Crippen LogP contribution in [0.4, 0.5) is 10.5 Å². The second-order valence-corrected chi connectivity index (χ2v) is 5.83. The van der Waals surface area contributed by atoms with E-state index in [9.17, 15) is 19.2 Å². The molecule has 1 atom stereocenters. The van der Waals surface area contributed by atoms with Gasteiger partial charge in [0.1, 0.15) is 0 Å². The number of nitrogens with two attached hydrogens (primary N) is 1. The van der Waals surface area contributed by atoms with Crippen LogP contribution in [0.15, 0.2) is 23.1 Å². The Balaban J connectivity index is 2.02. The van der Waals surface area contributed by atoms with Crippen molar-refractivity contribution in [3.63, 3.8) is 0 Å². The number of hydrogen-bond donors (Lipinski definition) is 3. The van der Waals surface area contributed by atoms with Crippen molar-refractivity contribution >= 4 is 41.3 Å². The number of nitrogens with one attached hydrogen (secondary N) is 2. The molecule has 4 amide bonds. The number of rotatable bonds is 3. The zero-order valence-corrected chi connectivity index (χ0v) is 12.4. The summed E-state index contributed by atoms with van der Waals surface area (Å²) in [6, 6.07) is 3.67. The zero-order chi connectivity index (χ0) is 16.3. The summed E-state index contributed by atoms with van der Waals surface area (Å²) in [6.45, 7) is 1.15. The first-order valence-corrected chi connectivity index (χ1v) is 7.13. The summed E-state index contributed by atoms with van der Waals surface area (Å²) in [6.07, 6.45) is 0. The van der Waals surface area contributed by atoms with E-state index in [-0.39, 0.29) is 16.7 Å². The Labute approximate surface area is 129 Å². The average molecular weight is 323 g/mol. The van der Waals surface area contributed by atoms with Crippen molar-refractivity contribution < 1.29 is 23.9 Å². The summed E-state index contributed by atoms with van der Waals surface area (Å²) >= 11 is 1.39. The molecule has 0 radical (unpaired) electrons. The van der Waals surface area contributed by atoms with Crippen LogP contribution in [-0.4, -0.2) is 35.7 Å². The molecule has 1 aromatic carbocycles. The Kier molecular flexibility index (Phi) is 4.66. The fourth-order valence-electron chi connectivity index (χ4n) is 1.72. The fraction of sp³-hybridized carbons (Fsp3) is 0.231. The van der Waals surface area contributed by atoms with Gasteiger partial charge in [-0.2, -0.15) is 0 Å². The molecule has 1 aliphatic heterocycles. The molecule has 22 heavy (non-hydrogen) atoms. The van der Waals surface area contributed by atoms with Gasteiger partial charge in [0.15, 0.2) is 6.61 Å². The van der Waals surface area contributed by atoms with Crippen LogP contribution in [0.3, 0.4) is 0 Å². The lowest BCUT2D eigenvalue weighted by atomic mass is 10.2. The van der Waals surface area contributed by atoms with Crippen molar-refractivity contribution in [3.05, 3.63) is 23.8 Å². The molecular weight excluding hydrogens is 310 g/mol. The molecule has 4 N–H and O–H groups in total. The van der Waals surface area contributed by atoms with E-state index < -0.39 is 24.5 Å². The van der Waals surface area contributed by atoms with Gasteiger partial charge in [-0.15, -0.1) is 11.8 Å². The van der Waals surface area contributed by atoms with E-state index in [0.29, 0.717) is 5.69 Å². The van der Waals surface area contributed by atoms with Crippen LogP contribution >= 0.6 is 11.8 Å². The summed E-state index contributed by atoms with van der Waals surface area (Å²) in [7, 11) is 0. The number of anilines is 1. The maximum absolute atomic E-state index is 11.8. The summed E-state index contributed by atoms with van der Waals surface area (Å²) in [5.41, 5.74) is 5.46. The van der Waals surface area contributed by atoms with Gasteiger partial charge in [0, 0.05) is 4.90 Å². The lowest BCUT2D eigenvalue weighted by Crippen LogP contribution is -2.37. The fourth-order valence-corrected chi connectivity index (χ4v) is 2.65. The molecule has 1 aromatic rings. The van der Waals surface area contributed by atoms with Gasteiger partial charge in [-0.25, -0.2) is 9.59 Å². The summed E-state index contributed by atoms with van der Waals surface area (Å²) < 4.78 is 4.75. The molecule has 9 heteroatoms. The molecule has 116 valence electrons. The average Bonchev–Trinajstić information content (AvgIpc) is 2.45. The number of fused-ring (bicyclic) bond motifs is 1. The number of primary amides is 1. The first-order valence-electron chi connectivity index (χ1n) is 6.25. The van der Waals surface area contributed by atoms with Gasteiger partial charge in [-0.05, 0) is 25.1 Å². The Morgan fingerprint density at radius 3 is 2.82 bits per heavy atom. The van der Waals surface area contributed by atoms with Gasteiger partial charge in [0.05, 0.1) is 16.5 Å². The van der Waals surface area contributed by atoms with Crippen LogP contribution in [0.2, 0.25) is 0 Å². The Hall–Kier alpha value is -2.55. The van der Waals surface area contributed by atoms with Crippen molar-refractivity contribution in [2.24, 2.45) is 5.73 Å². The molecule has 0 spiro atoms. The number of carbonyl (C=O) groups excluding carboxylic acids is 4. The van der Waals surface area contributed by atoms with E-state index in [2.05, 4.69) is 5.32 Å². The number of imide groups is 1. The number of ether oxygens (including phenoxy) is 1. The minimum absolute atomic E-state index is 0.149. The summed E-state index contributed by atoms with van der Waals surface area (Å²) in [5, 5.41) is 4.25. The SMILES string of the molecule is CC1Sc2ccc(C(=O)OCC(=O)NC(N)=O)cc2NC1=O. The number of benzene rings is 1. The molecule has 0 fully saturated rings. The van der Waals surface area contributed by atoms with E-state index in [1.165, 1.54) is 23.9 Å². The van der Waals surface area contributed by atoms with E-state index in [1.54, 1.807) is 18.3 Å². The highest BCUT2D eigenvalue weighted by molar-refractivity contribution is 8.00. The number of hydrogen-bond acceptors (Lipinski definition) is 6. The maximum atomic E-state index is 11.8. The first kappa shape index (κ1) is 15.8. The highest BCUT2D eigenvalue weighted by atomic mass is 32.2. The van der Waals surface area contributed by atoms with Crippen LogP contribution in [-0.2, 0) is 14.3 Å². The molecule has 2 rings (SSSR count). The van der Waals surface area contributed by atoms with E-state index in [4.69, 9.17) is 10.5 Å². The summed E-state index contributed by atoms with van der Waals surface area (Å²) in [4.78, 5) is 45.9. The van der Waals surface area contributed by atoms with Crippen LogP contribution in [0.25, 0.3) is 0 Å². The van der Waals surface area contributed by atoms with Gasteiger partial charge in [-0.1, -0.05) is 0 Å². The van der Waals surface area contributed by atoms with E-state index in [1.807, 2.05) is 0 Å². The van der Waals surface area contributed by atoms with Gasteiger partial charge in [0.25, 0.3) is 5.91 Å². The number of esters is 1. The van der Waals surface area contributed by atoms with Crippen molar-refractivity contribution in [1.29, 1.82) is 0 Å². The van der Waals surface area contributed by atoms with E-state index >= 15 is 0 Å². The van der Waals surface area contributed by atoms with Gasteiger partial charge >= 0.3 is 12.0 Å². The summed E-state index contributed by atoms with van der Waals surface area (Å²) in [5.74, 6) is -1.72. The van der Waals surface area contributed by atoms with Crippen LogP contribution in [0, 0.1) is 0 Å². The zero-order valence-electron chi connectivity index (χ0n) is 11.5.